The largest absolute Gasteiger partial charge is 0.369 e. The van der Waals surface area contributed by atoms with Gasteiger partial charge in [0, 0.05) is 19.0 Å². The van der Waals surface area contributed by atoms with Crippen LogP contribution in [0.3, 0.4) is 0 Å². The van der Waals surface area contributed by atoms with Gasteiger partial charge in [-0.1, -0.05) is 45.0 Å². The smallest absolute Gasteiger partial charge is 0.182 e. The number of fused-ring (bicyclic) bond motifs is 3. The maximum Gasteiger partial charge on any atom is 0.182 e. The SMILES string of the molecule is CC(C)(C)c1ccc(/C=C2\C(=O)C3CCN2CC3)cc1. The van der Waals surface area contributed by atoms with Crippen molar-refractivity contribution in [3.63, 3.8) is 0 Å². The van der Waals surface area contributed by atoms with Gasteiger partial charge in [-0.25, -0.2) is 0 Å². The minimum Gasteiger partial charge on any atom is -0.369 e. The highest BCUT2D eigenvalue weighted by atomic mass is 16.1. The maximum absolute atomic E-state index is 12.3. The van der Waals surface area contributed by atoms with Crippen LogP contribution >= 0.6 is 0 Å². The molecule has 0 spiro atoms. The molecule has 0 amide bonds. The Balaban J connectivity index is 1.87. The number of carbonyl (C=O) groups is 1. The molecule has 0 radical (unpaired) electrons. The zero-order valence-corrected chi connectivity index (χ0v) is 12.6. The molecule has 0 saturated carbocycles. The Labute approximate surface area is 121 Å². The maximum atomic E-state index is 12.3. The van der Waals surface area contributed by atoms with Gasteiger partial charge in [0.15, 0.2) is 5.78 Å². The second-order valence-corrected chi connectivity index (χ2v) is 7.03. The highest BCUT2D eigenvalue weighted by Crippen LogP contribution is 2.32. The molecule has 3 fully saturated rings. The molecule has 2 nitrogen and oxygen atoms in total. The number of ketones is 1. The van der Waals surface area contributed by atoms with Gasteiger partial charge in [0.2, 0.25) is 0 Å². The summed E-state index contributed by atoms with van der Waals surface area (Å²) in [7, 11) is 0. The van der Waals surface area contributed by atoms with Gasteiger partial charge in [-0.05, 0) is 35.5 Å². The number of rotatable bonds is 1. The van der Waals surface area contributed by atoms with E-state index in [1.165, 1.54) is 5.56 Å². The number of nitrogens with zero attached hydrogens (tertiary/aromatic N) is 1. The van der Waals surface area contributed by atoms with E-state index in [0.717, 1.165) is 37.2 Å². The van der Waals surface area contributed by atoms with E-state index >= 15 is 0 Å². The minimum atomic E-state index is 0.175. The van der Waals surface area contributed by atoms with Gasteiger partial charge in [-0.3, -0.25) is 4.79 Å². The Kier molecular flexibility index (Phi) is 3.19. The molecular weight excluding hydrogens is 246 g/mol. The highest BCUT2D eigenvalue weighted by molar-refractivity contribution is 6.01. The van der Waals surface area contributed by atoms with Crippen LogP contribution in [-0.4, -0.2) is 23.8 Å². The summed E-state index contributed by atoms with van der Waals surface area (Å²) >= 11 is 0. The van der Waals surface area contributed by atoms with Gasteiger partial charge in [-0.15, -0.1) is 0 Å². The van der Waals surface area contributed by atoms with Crippen molar-refractivity contribution in [1.29, 1.82) is 0 Å². The summed E-state index contributed by atoms with van der Waals surface area (Å²) in [5.74, 6) is 0.627. The number of hydrogen-bond donors (Lipinski definition) is 0. The van der Waals surface area contributed by atoms with Crippen molar-refractivity contribution in [3.05, 3.63) is 41.1 Å². The van der Waals surface area contributed by atoms with E-state index < -0.39 is 0 Å². The Morgan fingerprint density at radius 3 is 2.20 bits per heavy atom. The number of Topliss-reactive ketones (excluding diaryl/α,β-unsaturated/α-hetero) is 1. The Bertz CT molecular complexity index is 540. The van der Waals surface area contributed by atoms with E-state index in [1.807, 2.05) is 0 Å². The fraction of sp³-hybridized carbons (Fsp3) is 0.500. The molecule has 0 unspecified atom stereocenters. The number of piperidine rings is 3. The lowest BCUT2D eigenvalue weighted by Gasteiger charge is -2.41. The van der Waals surface area contributed by atoms with Gasteiger partial charge in [-0.2, -0.15) is 0 Å². The molecule has 3 aliphatic rings. The number of benzene rings is 1. The molecule has 2 heteroatoms. The topological polar surface area (TPSA) is 20.3 Å². The van der Waals surface area contributed by atoms with Crippen molar-refractivity contribution in [2.75, 3.05) is 13.1 Å². The highest BCUT2D eigenvalue weighted by Gasteiger charge is 2.36. The molecule has 0 aromatic heterocycles. The fourth-order valence-electron chi connectivity index (χ4n) is 3.15. The summed E-state index contributed by atoms with van der Waals surface area (Å²) in [6.45, 7) is 8.74. The molecule has 0 aliphatic carbocycles. The van der Waals surface area contributed by atoms with E-state index in [2.05, 4.69) is 56.0 Å². The number of hydrogen-bond acceptors (Lipinski definition) is 2. The lowest BCUT2D eigenvalue weighted by atomic mass is 9.84. The number of carbonyl (C=O) groups excluding carboxylic acids is 1. The van der Waals surface area contributed by atoms with Gasteiger partial charge >= 0.3 is 0 Å². The van der Waals surface area contributed by atoms with Crippen molar-refractivity contribution in [2.24, 2.45) is 5.92 Å². The average molecular weight is 269 g/mol. The van der Waals surface area contributed by atoms with Crippen LogP contribution in [0, 0.1) is 5.92 Å². The Morgan fingerprint density at radius 1 is 1.10 bits per heavy atom. The van der Waals surface area contributed by atoms with Crippen LogP contribution in [0.25, 0.3) is 6.08 Å². The third-order valence-electron chi connectivity index (χ3n) is 4.54. The average Bonchev–Trinajstić information content (AvgIpc) is 2.43. The molecule has 20 heavy (non-hydrogen) atoms. The molecule has 106 valence electrons. The first-order valence-electron chi connectivity index (χ1n) is 7.56. The molecular formula is C18H23NO. The zero-order valence-electron chi connectivity index (χ0n) is 12.6. The van der Waals surface area contributed by atoms with Crippen LogP contribution in [0.15, 0.2) is 30.0 Å². The molecule has 3 heterocycles. The predicted molar refractivity (Wildman–Crippen MR) is 82.4 cm³/mol. The predicted octanol–water partition coefficient (Wildman–Crippen LogP) is 3.62. The van der Waals surface area contributed by atoms with Crippen LogP contribution in [0.4, 0.5) is 0 Å². The van der Waals surface area contributed by atoms with E-state index in [4.69, 9.17) is 0 Å². The summed E-state index contributed by atoms with van der Waals surface area (Å²) in [6, 6.07) is 8.61. The first kappa shape index (κ1) is 13.4. The van der Waals surface area contributed by atoms with Crippen molar-refractivity contribution in [1.82, 2.24) is 4.90 Å². The number of allylic oxidation sites excluding steroid dienone is 1. The van der Waals surface area contributed by atoms with Crippen molar-refractivity contribution >= 4 is 11.9 Å². The van der Waals surface area contributed by atoms with Gasteiger partial charge in [0.1, 0.15) is 0 Å². The molecule has 3 aliphatic heterocycles. The Hall–Kier alpha value is -1.57. The Morgan fingerprint density at radius 2 is 1.70 bits per heavy atom. The minimum absolute atomic E-state index is 0.175. The van der Waals surface area contributed by atoms with E-state index in [1.54, 1.807) is 0 Å². The first-order chi connectivity index (χ1) is 9.45. The lowest BCUT2D eigenvalue weighted by Crippen LogP contribution is -2.45. The summed E-state index contributed by atoms with van der Waals surface area (Å²) in [4.78, 5) is 14.6. The third kappa shape index (κ3) is 2.39. The third-order valence-corrected chi connectivity index (χ3v) is 4.54. The monoisotopic (exact) mass is 269 g/mol. The second kappa shape index (κ2) is 4.76. The van der Waals surface area contributed by atoms with Crippen LogP contribution in [0.2, 0.25) is 0 Å². The molecule has 3 saturated heterocycles. The molecule has 4 rings (SSSR count). The molecule has 2 bridgehead atoms. The standard InChI is InChI=1S/C18H23NO/c1-18(2,3)15-6-4-13(5-7-15)12-16-17(20)14-8-10-19(16)11-9-14/h4-7,12,14H,8-11H2,1-3H3/b16-12+. The van der Waals surface area contributed by atoms with Crippen molar-refractivity contribution < 1.29 is 4.79 Å². The second-order valence-electron chi connectivity index (χ2n) is 7.03. The van der Waals surface area contributed by atoms with Crippen LogP contribution in [0.5, 0.6) is 0 Å². The van der Waals surface area contributed by atoms with E-state index in [9.17, 15) is 4.79 Å². The van der Waals surface area contributed by atoms with Crippen molar-refractivity contribution in [2.45, 2.75) is 39.0 Å². The summed E-state index contributed by atoms with van der Waals surface area (Å²) in [5.41, 5.74) is 3.57. The summed E-state index contributed by atoms with van der Waals surface area (Å²) in [6.07, 6.45) is 4.15. The van der Waals surface area contributed by atoms with E-state index in [-0.39, 0.29) is 11.3 Å². The summed E-state index contributed by atoms with van der Waals surface area (Å²) in [5, 5.41) is 0. The van der Waals surface area contributed by atoms with Gasteiger partial charge < -0.3 is 4.90 Å². The van der Waals surface area contributed by atoms with Crippen LogP contribution in [0.1, 0.15) is 44.7 Å². The van der Waals surface area contributed by atoms with Crippen LogP contribution < -0.4 is 0 Å². The van der Waals surface area contributed by atoms with Gasteiger partial charge in [0.05, 0.1) is 5.70 Å². The van der Waals surface area contributed by atoms with Crippen molar-refractivity contribution in [3.8, 4) is 0 Å². The van der Waals surface area contributed by atoms with Crippen LogP contribution in [-0.2, 0) is 10.2 Å². The fourth-order valence-corrected chi connectivity index (χ4v) is 3.15. The quantitative estimate of drug-likeness (QED) is 0.726. The normalized spacial score (nSPS) is 21.9. The summed E-state index contributed by atoms with van der Waals surface area (Å²) < 4.78 is 0. The molecule has 0 N–H and O–H groups in total. The van der Waals surface area contributed by atoms with E-state index in [0.29, 0.717) is 5.78 Å². The zero-order chi connectivity index (χ0) is 14.3. The lowest BCUT2D eigenvalue weighted by molar-refractivity contribution is -0.125. The van der Waals surface area contributed by atoms with Gasteiger partial charge in [0.25, 0.3) is 0 Å². The molecule has 1 aromatic carbocycles. The molecule has 1 aromatic rings. The molecule has 0 atom stereocenters. The first-order valence-corrected chi connectivity index (χ1v) is 7.56.